The summed E-state index contributed by atoms with van der Waals surface area (Å²) in [6, 6.07) is 0. The summed E-state index contributed by atoms with van der Waals surface area (Å²) in [5.41, 5.74) is 0. The minimum absolute atomic E-state index is 0.126. The third-order valence-electron chi connectivity index (χ3n) is 1.28. The Kier molecular flexibility index (Phi) is 2.69. The van der Waals surface area contributed by atoms with Gasteiger partial charge in [-0.25, -0.2) is 4.39 Å². The second-order valence-electron chi connectivity index (χ2n) is 2.77. The van der Waals surface area contributed by atoms with Crippen LogP contribution in [-0.4, -0.2) is 6.10 Å². The molecule has 1 rings (SSSR count). The molecular weight excluding hydrogens is 143 g/mol. The number of halogens is 1. The summed E-state index contributed by atoms with van der Waals surface area (Å²) >= 11 is 0. The van der Waals surface area contributed by atoms with E-state index >= 15 is 0 Å². The maximum Gasteiger partial charge on any atom is 0.122 e. The fraction of sp³-hybridized carbons (Fsp3) is 0.444. The van der Waals surface area contributed by atoms with E-state index in [1.165, 1.54) is 12.2 Å². The van der Waals surface area contributed by atoms with E-state index in [4.69, 9.17) is 4.74 Å². The van der Waals surface area contributed by atoms with Crippen molar-refractivity contribution in [3.63, 3.8) is 0 Å². The van der Waals surface area contributed by atoms with Gasteiger partial charge in [-0.15, -0.1) is 0 Å². The van der Waals surface area contributed by atoms with Crippen molar-refractivity contribution in [2.75, 3.05) is 0 Å². The smallest absolute Gasteiger partial charge is 0.122 e. The van der Waals surface area contributed by atoms with Crippen LogP contribution in [0.2, 0.25) is 0 Å². The first-order valence-corrected chi connectivity index (χ1v) is 3.74. The molecule has 0 unspecified atom stereocenters. The van der Waals surface area contributed by atoms with Crippen LogP contribution in [0.5, 0.6) is 0 Å². The molecular formula is C9H12FO. The quantitative estimate of drug-likeness (QED) is 0.595. The van der Waals surface area contributed by atoms with Gasteiger partial charge in [-0.3, -0.25) is 0 Å². The Morgan fingerprint density at radius 1 is 1.55 bits per heavy atom. The summed E-state index contributed by atoms with van der Waals surface area (Å²) < 4.78 is 17.9. The Labute approximate surface area is 66.6 Å². The van der Waals surface area contributed by atoms with Crippen LogP contribution in [0, 0.1) is 6.42 Å². The molecule has 11 heavy (non-hydrogen) atoms. The lowest BCUT2D eigenvalue weighted by Gasteiger charge is -2.14. The van der Waals surface area contributed by atoms with Crippen LogP contribution in [0.3, 0.4) is 0 Å². The van der Waals surface area contributed by atoms with Gasteiger partial charge >= 0.3 is 0 Å². The number of ether oxygens (including phenoxy) is 1. The standard InChI is InChI=1S/C9H12FO/c1-7(2)11-9-5-3-4-8(10)6-9/h3-4,6-7H,5H2,1-2H3. The van der Waals surface area contributed by atoms with Crippen LogP contribution in [0.25, 0.3) is 0 Å². The second-order valence-corrected chi connectivity index (χ2v) is 2.77. The number of allylic oxidation sites excluding steroid dienone is 4. The maximum atomic E-state index is 12.6. The predicted molar refractivity (Wildman–Crippen MR) is 42.4 cm³/mol. The van der Waals surface area contributed by atoms with Gasteiger partial charge < -0.3 is 4.74 Å². The van der Waals surface area contributed by atoms with Crippen LogP contribution >= 0.6 is 0 Å². The lowest BCUT2D eigenvalue weighted by Crippen LogP contribution is -2.04. The Morgan fingerprint density at radius 3 is 2.82 bits per heavy atom. The van der Waals surface area contributed by atoms with E-state index in [1.54, 1.807) is 6.42 Å². The Bertz CT molecular complexity index is 192. The summed E-state index contributed by atoms with van der Waals surface area (Å²) in [6.45, 7) is 3.86. The van der Waals surface area contributed by atoms with Crippen molar-refractivity contribution < 1.29 is 9.13 Å². The van der Waals surface area contributed by atoms with Gasteiger partial charge in [0.1, 0.15) is 5.83 Å². The Balaban J connectivity index is 2.51. The molecule has 0 atom stereocenters. The molecule has 0 aromatic heterocycles. The fourth-order valence-electron chi connectivity index (χ4n) is 0.933. The molecule has 61 valence electrons. The molecule has 0 heterocycles. The first-order valence-electron chi connectivity index (χ1n) is 3.74. The van der Waals surface area contributed by atoms with Gasteiger partial charge in [0.05, 0.1) is 11.9 Å². The second kappa shape index (κ2) is 3.56. The molecule has 0 aromatic rings. The zero-order valence-corrected chi connectivity index (χ0v) is 6.80. The molecule has 0 spiro atoms. The molecule has 1 radical (unpaired) electrons. The normalized spacial score (nSPS) is 17.8. The average Bonchev–Trinajstić information content (AvgIpc) is 1.85. The molecule has 0 amide bonds. The predicted octanol–water partition coefficient (Wildman–Crippen LogP) is 2.76. The molecule has 0 saturated carbocycles. The maximum absolute atomic E-state index is 12.6. The molecule has 1 aliphatic rings. The van der Waals surface area contributed by atoms with E-state index in [1.807, 2.05) is 13.8 Å². The van der Waals surface area contributed by atoms with Crippen molar-refractivity contribution in [2.24, 2.45) is 0 Å². The highest BCUT2D eigenvalue weighted by atomic mass is 19.1. The van der Waals surface area contributed by atoms with Gasteiger partial charge in [0, 0.05) is 12.5 Å². The highest BCUT2D eigenvalue weighted by Crippen LogP contribution is 2.19. The van der Waals surface area contributed by atoms with Crippen LogP contribution in [0.15, 0.2) is 23.7 Å². The Hall–Kier alpha value is -0.790. The monoisotopic (exact) mass is 155 g/mol. The molecule has 0 fully saturated rings. The molecule has 0 aliphatic heterocycles. The molecule has 0 N–H and O–H groups in total. The molecule has 1 nitrogen and oxygen atoms in total. The highest BCUT2D eigenvalue weighted by molar-refractivity contribution is 5.24. The Morgan fingerprint density at radius 2 is 2.27 bits per heavy atom. The average molecular weight is 155 g/mol. The van der Waals surface area contributed by atoms with E-state index in [0.717, 1.165) is 0 Å². The van der Waals surface area contributed by atoms with Crippen LogP contribution in [-0.2, 0) is 4.74 Å². The molecule has 1 aliphatic carbocycles. The van der Waals surface area contributed by atoms with E-state index in [2.05, 4.69) is 0 Å². The fourth-order valence-corrected chi connectivity index (χ4v) is 0.933. The van der Waals surface area contributed by atoms with Crippen molar-refractivity contribution in [3.05, 3.63) is 30.2 Å². The van der Waals surface area contributed by atoms with Gasteiger partial charge in [-0.1, -0.05) is 0 Å². The SMILES string of the molecule is CC(C)OC1=CC(F)=C[CH]C1. The summed E-state index contributed by atoms with van der Waals surface area (Å²) in [5.74, 6) is 0.479. The minimum atomic E-state index is -0.230. The highest BCUT2D eigenvalue weighted by Gasteiger charge is 2.06. The van der Waals surface area contributed by atoms with E-state index in [-0.39, 0.29) is 11.9 Å². The number of hydrogen-bond donors (Lipinski definition) is 0. The summed E-state index contributed by atoms with van der Waals surface area (Å²) in [5, 5.41) is 0. The van der Waals surface area contributed by atoms with Crippen molar-refractivity contribution in [1.29, 1.82) is 0 Å². The lowest BCUT2D eigenvalue weighted by molar-refractivity contribution is 0.141. The third-order valence-corrected chi connectivity index (χ3v) is 1.28. The third kappa shape index (κ3) is 2.74. The summed E-state index contributed by atoms with van der Waals surface area (Å²) in [7, 11) is 0. The lowest BCUT2D eigenvalue weighted by atomic mass is 10.1. The number of rotatable bonds is 2. The first-order chi connectivity index (χ1) is 5.18. The van der Waals surface area contributed by atoms with Gasteiger partial charge in [0.2, 0.25) is 0 Å². The van der Waals surface area contributed by atoms with Gasteiger partial charge in [0.15, 0.2) is 0 Å². The molecule has 2 heteroatoms. The summed E-state index contributed by atoms with van der Waals surface area (Å²) in [6.07, 6.45) is 5.46. The first kappa shape index (κ1) is 8.31. The summed E-state index contributed by atoms with van der Waals surface area (Å²) in [4.78, 5) is 0. The topological polar surface area (TPSA) is 9.23 Å². The van der Waals surface area contributed by atoms with Crippen LogP contribution in [0.4, 0.5) is 4.39 Å². The minimum Gasteiger partial charge on any atom is -0.495 e. The van der Waals surface area contributed by atoms with Crippen molar-refractivity contribution in [3.8, 4) is 0 Å². The van der Waals surface area contributed by atoms with Crippen molar-refractivity contribution in [1.82, 2.24) is 0 Å². The van der Waals surface area contributed by atoms with Crippen LogP contribution in [0.1, 0.15) is 20.3 Å². The molecule has 0 aromatic carbocycles. The van der Waals surface area contributed by atoms with Crippen LogP contribution < -0.4 is 0 Å². The van der Waals surface area contributed by atoms with Crippen molar-refractivity contribution in [2.45, 2.75) is 26.4 Å². The molecule has 0 bridgehead atoms. The zero-order chi connectivity index (χ0) is 8.27. The number of hydrogen-bond acceptors (Lipinski definition) is 1. The largest absolute Gasteiger partial charge is 0.495 e. The van der Waals surface area contributed by atoms with Gasteiger partial charge in [-0.05, 0) is 26.3 Å². The zero-order valence-electron chi connectivity index (χ0n) is 6.80. The molecule has 0 saturated heterocycles. The van der Waals surface area contributed by atoms with E-state index in [0.29, 0.717) is 12.2 Å². The van der Waals surface area contributed by atoms with Crippen molar-refractivity contribution >= 4 is 0 Å². The van der Waals surface area contributed by atoms with Gasteiger partial charge in [0.25, 0.3) is 0 Å². The van der Waals surface area contributed by atoms with Gasteiger partial charge in [-0.2, -0.15) is 0 Å². The van der Waals surface area contributed by atoms with E-state index in [9.17, 15) is 4.39 Å². The van der Waals surface area contributed by atoms with E-state index < -0.39 is 0 Å².